The summed E-state index contributed by atoms with van der Waals surface area (Å²) in [6.45, 7) is 4.65. The van der Waals surface area contributed by atoms with E-state index in [0.29, 0.717) is 11.7 Å². The first kappa shape index (κ1) is 15.3. The van der Waals surface area contributed by atoms with Gasteiger partial charge in [-0.1, -0.05) is 35.9 Å². The molecule has 0 aliphatic heterocycles. The third-order valence-electron chi connectivity index (χ3n) is 2.93. The fourth-order valence-corrected chi connectivity index (χ4v) is 2.13. The molecule has 0 heterocycles. The number of hydrogen-bond acceptors (Lipinski definition) is 2. The molecule has 2 aromatic carbocycles. The molecule has 0 bridgehead atoms. The van der Waals surface area contributed by atoms with Gasteiger partial charge in [-0.05, 0) is 50.3 Å². The van der Waals surface area contributed by atoms with Crippen LogP contribution in [0.5, 0.6) is 5.75 Å². The van der Waals surface area contributed by atoms with Gasteiger partial charge in [-0.3, -0.25) is 0 Å². The summed E-state index contributed by atoms with van der Waals surface area (Å²) in [5, 5.41) is 6.97. The van der Waals surface area contributed by atoms with Gasteiger partial charge in [0.15, 0.2) is 5.11 Å². The van der Waals surface area contributed by atoms with E-state index >= 15 is 0 Å². The monoisotopic (exact) mass is 300 g/mol. The van der Waals surface area contributed by atoms with Gasteiger partial charge in [-0.15, -0.1) is 0 Å². The maximum Gasteiger partial charge on any atom is 0.171 e. The molecule has 2 rings (SSSR count). The molecule has 0 saturated heterocycles. The molecule has 2 N–H and O–H groups in total. The molecule has 0 spiro atoms. The molecule has 0 saturated carbocycles. The van der Waals surface area contributed by atoms with Crippen LogP contribution in [0.15, 0.2) is 54.6 Å². The Morgan fingerprint density at radius 1 is 1.10 bits per heavy atom. The number of ether oxygens (including phenoxy) is 1. The molecule has 0 aromatic heterocycles. The highest BCUT2D eigenvalue weighted by Crippen LogP contribution is 2.09. The fraction of sp³-hybridized carbons (Fsp3) is 0.235. The van der Waals surface area contributed by atoms with Crippen LogP contribution in [0.3, 0.4) is 0 Å². The lowest BCUT2D eigenvalue weighted by Gasteiger charge is -2.17. The van der Waals surface area contributed by atoms with Gasteiger partial charge in [0.2, 0.25) is 0 Å². The van der Waals surface area contributed by atoms with Crippen molar-refractivity contribution in [2.75, 3.05) is 11.9 Å². The van der Waals surface area contributed by atoms with Gasteiger partial charge in [-0.25, -0.2) is 0 Å². The average Bonchev–Trinajstić information content (AvgIpc) is 2.48. The van der Waals surface area contributed by atoms with Gasteiger partial charge >= 0.3 is 0 Å². The van der Waals surface area contributed by atoms with Gasteiger partial charge in [-0.2, -0.15) is 0 Å². The van der Waals surface area contributed by atoms with E-state index in [4.69, 9.17) is 17.0 Å². The van der Waals surface area contributed by atoms with E-state index in [-0.39, 0.29) is 6.04 Å². The van der Waals surface area contributed by atoms with E-state index in [2.05, 4.69) is 17.6 Å². The van der Waals surface area contributed by atoms with E-state index in [0.717, 1.165) is 11.4 Å². The first-order valence-electron chi connectivity index (χ1n) is 6.95. The van der Waals surface area contributed by atoms with Crippen molar-refractivity contribution in [3.05, 3.63) is 60.2 Å². The number of benzene rings is 2. The zero-order valence-electron chi connectivity index (χ0n) is 12.3. The Morgan fingerprint density at radius 3 is 2.43 bits per heavy atom. The van der Waals surface area contributed by atoms with Crippen molar-refractivity contribution in [3.63, 3.8) is 0 Å². The number of hydrogen-bond donors (Lipinski definition) is 2. The van der Waals surface area contributed by atoms with Crippen molar-refractivity contribution >= 4 is 23.0 Å². The third-order valence-corrected chi connectivity index (χ3v) is 3.15. The van der Waals surface area contributed by atoms with E-state index in [1.165, 1.54) is 5.56 Å². The second-order valence-corrected chi connectivity index (χ2v) is 5.40. The van der Waals surface area contributed by atoms with Crippen LogP contribution in [0.25, 0.3) is 0 Å². The van der Waals surface area contributed by atoms with Crippen LogP contribution in [0.4, 0.5) is 5.69 Å². The first-order chi connectivity index (χ1) is 10.1. The maximum absolute atomic E-state index is 5.68. The Labute approximate surface area is 131 Å². The standard InChI is InChI=1S/C17H20N2OS/c1-13-8-10-15(11-9-13)19-17(21)18-14(2)12-20-16-6-4-3-5-7-16/h3-11,14H,12H2,1-2H3,(H2,18,19,21)/t14-/m1/s1. The number of anilines is 1. The second kappa shape index (κ2) is 7.64. The van der Waals surface area contributed by atoms with Crippen LogP contribution in [-0.4, -0.2) is 17.8 Å². The number of nitrogens with one attached hydrogen (secondary N) is 2. The van der Waals surface area contributed by atoms with Crippen LogP contribution in [0.2, 0.25) is 0 Å². The molecule has 3 nitrogen and oxygen atoms in total. The van der Waals surface area contributed by atoms with E-state index in [9.17, 15) is 0 Å². The number of para-hydroxylation sites is 1. The Hall–Kier alpha value is -2.07. The van der Waals surface area contributed by atoms with Gasteiger partial charge < -0.3 is 15.4 Å². The number of thiocarbonyl (C=S) groups is 1. The van der Waals surface area contributed by atoms with Crippen LogP contribution in [0, 0.1) is 6.92 Å². The minimum Gasteiger partial charge on any atom is -0.491 e. The smallest absolute Gasteiger partial charge is 0.171 e. The van der Waals surface area contributed by atoms with Crippen LogP contribution < -0.4 is 15.4 Å². The van der Waals surface area contributed by atoms with E-state index < -0.39 is 0 Å². The lowest BCUT2D eigenvalue weighted by Crippen LogP contribution is -2.39. The molecule has 1 atom stereocenters. The van der Waals surface area contributed by atoms with Gasteiger partial charge in [0.05, 0.1) is 6.04 Å². The summed E-state index contributed by atoms with van der Waals surface area (Å²) in [7, 11) is 0. The predicted molar refractivity (Wildman–Crippen MR) is 91.9 cm³/mol. The molecule has 0 fully saturated rings. The van der Waals surface area contributed by atoms with Crippen molar-refractivity contribution in [3.8, 4) is 5.75 Å². The Bertz CT molecular complexity index is 569. The quantitative estimate of drug-likeness (QED) is 0.824. The fourth-order valence-electron chi connectivity index (χ4n) is 1.81. The molecular weight excluding hydrogens is 280 g/mol. The Kier molecular flexibility index (Phi) is 5.58. The molecular formula is C17H20N2OS. The van der Waals surface area contributed by atoms with Gasteiger partial charge in [0.25, 0.3) is 0 Å². The van der Waals surface area contributed by atoms with Crippen molar-refractivity contribution in [1.29, 1.82) is 0 Å². The molecule has 4 heteroatoms. The number of aryl methyl sites for hydroxylation is 1. The molecule has 0 amide bonds. The van der Waals surface area contributed by atoms with Crippen molar-refractivity contribution in [2.24, 2.45) is 0 Å². The van der Waals surface area contributed by atoms with Crippen LogP contribution in [0.1, 0.15) is 12.5 Å². The SMILES string of the molecule is Cc1ccc(NC(=S)N[C@H](C)COc2ccccc2)cc1. The lowest BCUT2D eigenvalue weighted by atomic mass is 10.2. The zero-order valence-corrected chi connectivity index (χ0v) is 13.1. The summed E-state index contributed by atoms with van der Waals surface area (Å²) < 4.78 is 5.68. The third kappa shape index (κ3) is 5.44. The zero-order chi connectivity index (χ0) is 15.1. The second-order valence-electron chi connectivity index (χ2n) is 4.99. The minimum absolute atomic E-state index is 0.121. The summed E-state index contributed by atoms with van der Waals surface area (Å²) in [4.78, 5) is 0. The predicted octanol–water partition coefficient (Wildman–Crippen LogP) is 3.75. The molecule has 0 aliphatic carbocycles. The minimum atomic E-state index is 0.121. The molecule has 110 valence electrons. The molecule has 2 aromatic rings. The van der Waals surface area contributed by atoms with Crippen LogP contribution >= 0.6 is 12.2 Å². The molecule has 0 unspecified atom stereocenters. The summed E-state index contributed by atoms with van der Waals surface area (Å²) >= 11 is 5.30. The summed E-state index contributed by atoms with van der Waals surface area (Å²) in [6, 6.07) is 18.0. The highest BCUT2D eigenvalue weighted by atomic mass is 32.1. The Morgan fingerprint density at radius 2 is 1.76 bits per heavy atom. The van der Waals surface area contributed by atoms with E-state index in [1.54, 1.807) is 0 Å². The van der Waals surface area contributed by atoms with E-state index in [1.807, 2.05) is 61.5 Å². The largest absolute Gasteiger partial charge is 0.491 e. The average molecular weight is 300 g/mol. The molecule has 0 radical (unpaired) electrons. The van der Waals surface area contributed by atoms with Gasteiger partial charge in [0.1, 0.15) is 12.4 Å². The van der Waals surface area contributed by atoms with Crippen molar-refractivity contribution in [1.82, 2.24) is 5.32 Å². The Balaban J connectivity index is 1.75. The normalized spacial score (nSPS) is 11.5. The highest BCUT2D eigenvalue weighted by Gasteiger charge is 2.05. The first-order valence-corrected chi connectivity index (χ1v) is 7.36. The van der Waals surface area contributed by atoms with Crippen LogP contribution in [-0.2, 0) is 0 Å². The summed E-state index contributed by atoms with van der Waals surface area (Å²) in [5.41, 5.74) is 2.21. The lowest BCUT2D eigenvalue weighted by molar-refractivity contribution is 0.287. The summed E-state index contributed by atoms with van der Waals surface area (Å²) in [6.07, 6.45) is 0. The summed E-state index contributed by atoms with van der Waals surface area (Å²) in [5.74, 6) is 0.864. The topological polar surface area (TPSA) is 33.3 Å². The van der Waals surface area contributed by atoms with Crippen molar-refractivity contribution < 1.29 is 4.74 Å². The number of rotatable bonds is 5. The highest BCUT2D eigenvalue weighted by molar-refractivity contribution is 7.80. The van der Waals surface area contributed by atoms with Gasteiger partial charge in [0, 0.05) is 5.69 Å². The van der Waals surface area contributed by atoms with Crippen molar-refractivity contribution in [2.45, 2.75) is 19.9 Å². The molecule has 0 aliphatic rings. The maximum atomic E-state index is 5.68. The molecule has 21 heavy (non-hydrogen) atoms.